The highest BCUT2D eigenvalue weighted by Gasteiger charge is 2.09. The number of hydrogen-bond acceptors (Lipinski definition) is 3. The van der Waals surface area contributed by atoms with Crippen molar-refractivity contribution in [3.8, 4) is 5.75 Å². The van der Waals surface area contributed by atoms with E-state index in [0.717, 1.165) is 10.3 Å². The zero-order valence-corrected chi connectivity index (χ0v) is 12.2. The number of rotatable bonds is 3. The molecule has 0 bridgehead atoms. The number of halogens is 1. The van der Waals surface area contributed by atoms with Crippen LogP contribution in [-0.4, -0.2) is 18.0 Å². The molecule has 1 aromatic carbocycles. The summed E-state index contributed by atoms with van der Waals surface area (Å²) in [4.78, 5) is 16.3. The van der Waals surface area contributed by atoms with Crippen molar-refractivity contribution in [3.63, 3.8) is 0 Å². The van der Waals surface area contributed by atoms with Crippen LogP contribution >= 0.6 is 15.9 Å². The monoisotopic (exact) mass is 320 g/mol. The highest BCUT2D eigenvalue weighted by atomic mass is 79.9. The second-order valence-corrected chi connectivity index (χ2v) is 4.77. The minimum absolute atomic E-state index is 0.189. The van der Waals surface area contributed by atoms with E-state index in [4.69, 9.17) is 4.74 Å². The molecule has 1 N–H and O–H groups in total. The van der Waals surface area contributed by atoms with Crippen LogP contribution in [0.2, 0.25) is 0 Å². The maximum absolute atomic E-state index is 12.1. The summed E-state index contributed by atoms with van der Waals surface area (Å²) in [6, 6.07) is 10.6. The third-order valence-electron chi connectivity index (χ3n) is 2.63. The molecule has 4 nitrogen and oxygen atoms in total. The van der Waals surface area contributed by atoms with Gasteiger partial charge in [-0.05, 0) is 53.2 Å². The van der Waals surface area contributed by atoms with Crippen LogP contribution in [0.3, 0.4) is 0 Å². The second-order valence-electron chi connectivity index (χ2n) is 3.95. The number of benzene rings is 1. The summed E-state index contributed by atoms with van der Waals surface area (Å²) in [7, 11) is 1.57. The number of carbonyl (C=O) groups excluding carboxylic acids is 1. The molecule has 0 radical (unpaired) electrons. The topological polar surface area (TPSA) is 51.2 Å². The molecule has 98 valence electrons. The lowest BCUT2D eigenvalue weighted by molar-refractivity contribution is 0.102. The average Bonchev–Trinajstić information content (AvgIpc) is 2.42. The van der Waals surface area contributed by atoms with Gasteiger partial charge in [0.1, 0.15) is 10.4 Å². The normalized spacial score (nSPS) is 10.1. The molecule has 0 spiro atoms. The molecule has 1 aromatic heterocycles. The summed E-state index contributed by atoms with van der Waals surface area (Å²) in [6.07, 6.45) is 0. The van der Waals surface area contributed by atoms with Gasteiger partial charge in [-0.2, -0.15) is 0 Å². The number of carbonyl (C=O) groups is 1. The van der Waals surface area contributed by atoms with Crippen LogP contribution in [0, 0.1) is 6.92 Å². The number of nitrogens with zero attached hydrogens (tertiary/aromatic N) is 1. The van der Waals surface area contributed by atoms with Crippen LogP contribution in [0.15, 0.2) is 41.0 Å². The second kappa shape index (κ2) is 5.84. The zero-order valence-electron chi connectivity index (χ0n) is 10.6. The van der Waals surface area contributed by atoms with Crippen molar-refractivity contribution in [2.75, 3.05) is 12.4 Å². The molecular formula is C14H13BrN2O2. The average molecular weight is 321 g/mol. The Balaban J connectivity index is 2.20. The van der Waals surface area contributed by atoms with Crippen LogP contribution in [0.1, 0.15) is 16.1 Å². The number of methoxy groups -OCH3 is 1. The van der Waals surface area contributed by atoms with E-state index in [-0.39, 0.29) is 5.91 Å². The van der Waals surface area contributed by atoms with Gasteiger partial charge in [0.2, 0.25) is 0 Å². The lowest BCUT2D eigenvalue weighted by atomic mass is 10.2. The largest absolute Gasteiger partial charge is 0.497 e. The van der Waals surface area contributed by atoms with Crippen LogP contribution in [0.25, 0.3) is 0 Å². The Hall–Kier alpha value is -1.88. The van der Waals surface area contributed by atoms with Gasteiger partial charge < -0.3 is 10.1 Å². The Morgan fingerprint density at radius 3 is 2.79 bits per heavy atom. The maximum atomic E-state index is 12.1. The van der Waals surface area contributed by atoms with Gasteiger partial charge in [-0.25, -0.2) is 4.98 Å². The van der Waals surface area contributed by atoms with Gasteiger partial charge >= 0.3 is 0 Å². The van der Waals surface area contributed by atoms with Gasteiger partial charge in [-0.3, -0.25) is 4.79 Å². The molecule has 0 fully saturated rings. The third-order valence-corrected chi connectivity index (χ3v) is 3.07. The number of ether oxygens (including phenoxy) is 1. The SMILES string of the molecule is COc1cccc(C(=O)Nc2ccc(Br)nc2C)c1. The molecule has 0 saturated carbocycles. The van der Waals surface area contributed by atoms with E-state index in [1.165, 1.54) is 0 Å². The molecule has 0 unspecified atom stereocenters. The Morgan fingerprint density at radius 1 is 1.32 bits per heavy atom. The molecule has 0 saturated heterocycles. The molecule has 1 amide bonds. The standard InChI is InChI=1S/C14H13BrN2O2/c1-9-12(6-7-13(15)16-9)17-14(18)10-4-3-5-11(8-10)19-2/h3-8H,1-2H3,(H,17,18). The summed E-state index contributed by atoms with van der Waals surface area (Å²) in [6.45, 7) is 1.84. The number of aryl methyl sites for hydroxylation is 1. The van der Waals surface area contributed by atoms with Crippen LogP contribution in [-0.2, 0) is 0 Å². The fraction of sp³-hybridized carbons (Fsp3) is 0.143. The van der Waals surface area contributed by atoms with Crippen molar-refractivity contribution >= 4 is 27.5 Å². The van der Waals surface area contributed by atoms with E-state index in [9.17, 15) is 4.79 Å². The molecule has 0 atom stereocenters. The fourth-order valence-corrected chi connectivity index (χ4v) is 2.02. The Kier molecular flexibility index (Phi) is 4.16. The van der Waals surface area contributed by atoms with E-state index in [2.05, 4.69) is 26.2 Å². The predicted octanol–water partition coefficient (Wildman–Crippen LogP) is 3.41. The van der Waals surface area contributed by atoms with Crippen molar-refractivity contribution in [2.45, 2.75) is 6.92 Å². The minimum atomic E-state index is -0.189. The molecule has 1 heterocycles. The first-order valence-corrected chi connectivity index (χ1v) is 6.48. The Bertz CT molecular complexity index is 614. The number of anilines is 1. The van der Waals surface area contributed by atoms with Gasteiger partial charge in [0, 0.05) is 5.56 Å². The molecule has 5 heteroatoms. The van der Waals surface area contributed by atoms with Crippen molar-refractivity contribution in [2.24, 2.45) is 0 Å². The molecule has 19 heavy (non-hydrogen) atoms. The lowest BCUT2D eigenvalue weighted by Crippen LogP contribution is -2.13. The van der Waals surface area contributed by atoms with E-state index in [0.29, 0.717) is 17.0 Å². The summed E-state index contributed by atoms with van der Waals surface area (Å²) in [5.74, 6) is 0.462. The first-order chi connectivity index (χ1) is 9.10. The zero-order chi connectivity index (χ0) is 13.8. The highest BCUT2D eigenvalue weighted by molar-refractivity contribution is 9.10. The number of nitrogens with one attached hydrogen (secondary N) is 1. The van der Waals surface area contributed by atoms with Crippen LogP contribution in [0.4, 0.5) is 5.69 Å². The smallest absolute Gasteiger partial charge is 0.255 e. The fourth-order valence-electron chi connectivity index (χ4n) is 1.62. The van der Waals surface area contributed by atoms with E-state index in [1.54, 1.807) is 37.4 Å². The quantitative estimate of drug-likeness (QED) is 0.882. The summed E-state index contributed by atoms with van der Waals surface area (Å²) in [5, 5.41) is 2.83. The van der Waals surface area contributed by atoms with Crippen molar-refractivity contribution in [1.29, 1.82) is 0 Å². The summed E-state index contributed by atoms with van der Waals surface area (Å²) >= 11 is 3.29. The van der Waals surface area contributed by atoms with Crippen LogP contribution in [0.5, 0.6) is 5.75 Å². The number of pyridine rings is 1. The lowest BCUT2D eigenvalue weighted by Gasteiger charge is -2.08. The summed E-state index contributed by atoms with van der Waals surface area (Å²) < 4.78 is 5.84. The summed E-state index contributed by atoms with van der Waals surface area (Å²) in [5.41, 5.74) is 1.99. The number of aromatic nitrogens is 1. The molecular weight excluding hydrogens is 308 g/mol. The minimum Gasteiger partial charge on any atom is -0.497 e. The number of hydrogen-bond donors (Lipinski definition) is 1. The van der Waals surface area contributed by atoms with E-state index < -0.39 is 0 Å². The van der Waals surface area contributed by atoms with Crippen LogP contribution < -0.4 is 10.1 Å². The van der Waals surface area contributed by atoms with Crippen molar-refractivity contribution in [3.05, 3.63) is 52.3 Å². The van der Waals surface area contributed by atoms with Gasteiger partial charge in [-0.1, -0.05) is 6.07 Å². The van der Waals surface area contributed by atoms with E-state index in [1.807, 2.05) is 13.0 Å². The molecule has 0 aliphatic carbocycles. The van der Waals surface area contributed by atoms with Gasteiger partial charge in [0.25, 0.3) is 5.91 Å². The highest BCUT2D eigenvalue weighted by Crippen LogP contribution is 2.18. The molecule has 2 rings (SSSR count). The van der Waals surface area contributed by atoms with Crippen molar-refractivity contribution in [1.82, 2.24) is 4.98 Å². The Morgan fingerprint density at radius 2 is 2.11 bits per heavy atom. The third kappa shape index (κ3) is 3.32. The van der Waals surface area contributed by atoms with Gasteiger partial charge in [0.05, 0.1) is 18.5 Å². The first-order valence-electron chi connectivity index (χ1n) is 5.68. The maximum Gasteiger partial charge on any atom is 0.255 e. The number of amides is 1. The predicted molar refractivity (Wildman–Crippen MR) is 77.6 cm³/mol. The van der Waals surface area contributed by atoms with Gasteiger partial charge in [-0.15, -0.1) is 0 Å². The van der Waals surface area contributed by atoms with Gasteiger partial charge in [0.15, 0.2) is 0 Å². The molecule has 0 aliphatic rings. The van der Waals surface area contributed by atoms with E-state index >= 15 is 0 Å². The molecule has 2 aromatic rings. The molecule has 0 aliphatic heterocycles. The first kappa shape index (κ1) is 13.5. The Labute approximate surface area is 119 Å². The van der Waals surface area contributed by atoms with Crippen molar-refractivity contribution < 1.29 is 9.53 Å².